The first kappa shape index (κ1) is 16.7. The molecule has 1 aromatic rings. The quantitative estimate of drug-likeness (QED) is 0.845. The van der Waals surface area contributed by atoms with Crippen LogP contribution in [0.5, 0.6) is 0 Å². The minimum absolute atomic E-state index is 0.0313. The minimum Gasteiger partial charge on any atom is -0.324 e. The van der Waals surface area contributed by atoms with Gasteiger partial charge in [-0.15, -0.1) is 0 Å². The Hall–Kier alpha value is -0.330. The average molecular weight is 325 g/mol. The number of nitrogens with one attached hydrogen (secondary N) is 1. The second-order valence-electron chi connectivity index (χ2n) is 4.47. The number of nitrogens with two attached hydrogens (primary N) is 1. The molecule has 4 nitrogen and oxygen atoms in total. The molecular formula is C12H18Cl2N2O2S. The highest BCUT2D eigenvalue weighted by atomic mass is 35.5. The molecule has 0 aromatic heterocycles. The minimum atomic E-state index is -3.71. The molecule has 0 heterocycles. The molecule has 0 radical (unpaired) electrons. The van der Waals surface area contributed by atoms with Gasteiger partial charge in [0.05, 0.1) is 5.02 Å². The van der Waals surface area contributed by atoms with Gasteiger partial charge in [-0.1, -0.05) is 37.0 Å². The molecule has 19 heavy (non-hydrogen) atoms. The summed E-state index contributed by atoms with van der Waals surface area (Å²) in [5.74, 6) is 0. The normalized spacial score (nSPS) is 12.7. The molecule has 0 unspecified atom stereocenters. The van der Waals surface area contributed by atoms with Gasteiger partial charge in [-0.2, -0.15) is 0 Å². The average Bonchev–Trinajstić information content (AvgIpc) is 2.39. The van der Waals surface area contributed by atoms with Crippen molar-refractivity contribution in [3.8, 4) is 0 Å². The molecule has 0 saturated carbocycles. The van der Waals surface area contributed by atoms with Crippen LogP contribution in [0.15, 0.2) is 23.1 Å². The Bertz CT molecular complexity index is 543. The van der Waals surface area contributed by atoms with Gasteiger partial charge in [0.25, 0.3) is 0 Å². The largest absolute Gasteiger partial charge is 0.324 e. The van der Waals surface area contributed by atoms with Gasteiger partial charge in [-0.25, -0.2) is 13.1 Å². The molecule has 0 fully saturated rings. The Morgan fingerprint density at radius 3 is 2.37 bits per heavy atom. The molecule has 0 spiro atoms. The van der Waals surface area contributed by atoms with Gasteiger partial charge in [-0.05, 0) is 31.0 Å². The van der Waals surface area contributed by atoms with Crippen molar-refractivity contribution in [1.82, 2.24) is 4.72 Å². The van der Waals surface area contributed by atoms with E-state index < -0.39 is 15.6 Å². The second-order valence-corrected chi connectivity index (χ2v) is 7.05. The Labute approximate surface area is 124 Å². The summed E-state index contributed by atoms with van der Waals surface area (Å²) in [5.41, 5.74) is 5.51. The van der Waals surface area contributed by atoms with Crippen LogP contribution in [-0.4, -0.2) is 20.5 Å². The number of hydrogen-bond acceptors (Lipinski definition) is 3. The smallest absolute Gasteiger partial charge is 0.242 e. The maximum absolute atomic E-state index is 12.2. The summed E-state index contributed by atoms with van der Waals surface area (Å²) in [7, 11) is -3.71. The molecule has 0 atom stereocenters. The number of halogens is 2. The Balaban J connectivity index is 2.96. The van der Waals surface area contributed by atoms with Gasteiger partial charge >= 0.3 is 0 Å². The van der Waals surface area contributed by atoms with Crippen LogP contribution in [0.2, 0.25) is 10.0 Å². The zero-order chi connectivity index (χ0) is 14.7. The van der Waals surface area contributed by atoms with Crippen LogP contribution >= 0.6 is 23.2 Å². The van der Waals surface area contributed by atoms with Crippen molar-refractivity contribution in [3.63, 3.8) is 0 Å². The zero-order valence-corrected chi connectivity index (χ0v) is 13.2. The highest BCUT2D eigenvalue weighted by molar-refractivity contribution is 7.89. The summed E-state index contributed by atoms with van der Waals surface area (Å²) in [6.45, 7) is 4.00. The molecule has 1 rings (SSSR count). The van der Waals surface area contributed by atoms with E-state index in [1.807, 2.05) is 13.8 Å². The first-order valence-electron chi connectivity index (χ1n) is 5.97. The van der Waals surface area contributed by atoms with Crippen molar-refractivity contribution < 1.29 is 8.42 Å². The van der Waals surface area contributed by atoms with Crippen LogP contribution in [0.4, 0.5) is 0 Å². The molecule has 0 aliphatic carbocycles. The van der Waals surface area contributed by atoms with Crippen molar-refractivity contribution in [2.75, 3.05) is 6.54 Å². The van der Waals surface area contributed by atoms with Crippen molar-refractivity contribution >= 4 is 33.2 Å². The van der Waals surface area contributed by atoms with E-state index in [4.69, 9.17) is 28.9 Å². The summed E-state index contributed by atoms with van der Waals surface area (Å²) < 4.78 is 26.8. The monoisotopic (exact) mass is 324 g/mol. The summed E-state index contributed by atoms with van der Waals surface area (Å²) in [5, 5.41) is 0.447. The maximum atomic E-state index is 12.2. The topological polar surface area (TPSA) is 72.2 Å². The van der Waals surface area contributed by atoms with Gasteiger partial charge in [0, 0.05) is 17.1 Å². The first-order valence-corrected chi connectivity index (χ1v) is 8.21. The third-order valence-electron chi connectivity index (χ3n) is 3.21. The molecule has 7 heteroatoms. The van der Waals surface area contributed by atoms with E-state index in [0.717, 1.165) is 0 Å². The lowest BCUT2D eigenvalue weighted by Crippen LogP contribution is -2.49. The van der Waals surface area contributed by atoms with Crippen LogP contribution in [0.25, 0.3) is 0 Å². The molecular weight excluding hydrogens is 307 g/mol. The standard InChI is InChI=1S/C12H18Cl2N2O2S/c1-3-12(15,4-2)8-16-19(17,18)11-7-9(13)5-6-10(11)14/h5-7,16H,3-4,8,15H2,1-2H3. The summed E-state index contributed by atoms with van der Waals surface area (Å²) in [6, 6.07) is 4.31. The van der Waals surface area contributed by atoms with Gasteiger partial charge in [0.2, 0.25) is 10.0 Å². The van der Waals surface area contributed by atoms with Gasteiger partial charge in [-0.3, -0.25) is 0 Å². The van der Waals surface area contributed by atoms with Crippen LogP contribution in [0.1, 0.15) is 26.7 Å². The summed E-state index contributed by atoms with van der Waals surface area (Å²) in [4.78, 5) is -0.0313. The van der Waals surface area contributed by atoms with Crippen molar-refractivity contribution in [1.29, 1.82) is 0 Å². The van der Waals surface area contributed by atoms with Crippen molar-refractivity contribution in [2.45, 2.75) is 37.1 Å². The number of hydrogen-bond donors (Lipinski definition) is 2. The van der Waals surface area contributed by atoms with E-state index in [2.05, 4.69) is 4.72 Å². The molecule has 1 aromatic carbocycles. The predicted octanol–water partition coefficient (Wildman–Crippen LogP) is 2.79. The first-order chi connectivity index (χ1) is 8.74. The van der Waals surface area contributed by atoms with E-state index in [9.17, 15) is 8.42 Å². The highest BCUT2D eigenvalue weighted by Gasteiger charge is 2.25. The van der Waals surface area contributed by atoms with Crippen LogP contribution in [0.3, 0.4) is 0 Å². The van der Waals surface area contributed by atoms with E-state index in [-0.39, 0.29) is 16.5 Å². The van der Waals surface area contributed by atoms with E-state index in [1.54, 1.807) is 0 Å². The van der Waals surface area contributed by atoms with Crippen molar-refractivity contribution in [3.05, 3.63) is 28.2 Å². The zero-order valence-electron chi connectivity index (χ0n) is 10.9. The molecule has 0 aliphatic rings. The third-order valence-corrected chi connectivity index (χ3v) is 5.32. The Morgan fingerprint density at radius 2 is 1.84 bits per heavy atom. The maximum Gasteiger partial charge on any atom is 0.242 e. The van der Waals surface area contributed by atoms with Crippen molar-refractivity contribution in [2.24, 2.45) is 5.73 Å². The fraction of sp³-hybridized carbons (Fsp3) is 0.500. The molecule has 0 amide bonds. The van der Waals surface area contributed by atoms with Crippen LogP contribution in [-0.2, 0) is 10.0 Å². The van der Waals surface area contributed by atoms with E-state index >= 15 is 0 Å². The lowest BCUT2D eigenvalue weighted by atomic mass is 9.95. The second kappa shape index (κ2) is 6.41. The molecule has 3 N–H and O–H groups in total. The van der Waals surface area contributed by atoms with Crippen LogP contribution < -0.4 is 10.5 Å². The lowest BCUT2D eigenvalue weighted by Gasteiger charge is -2.26. The number of benzene rings is 1. The molecule has 0 aliphatic heterocycles. The van der Waals surface area contributed by atoms with Gasteiger partial charge in [0.1, 0.15) is 4.90 Å². The van der Waals surface area contributed by atoms with Gasteiger partial charge < -0.3 is 5.73 Å². The van der Waals surface area contributed by atoms with Crippen LogP contribution in [0, 0.1) is 0 Å². The van der Waals surface area contributed by atoms with E-state index in [1.165, 1.54) is 18.2 Å². The number of sulfonamides is 1. The lowest BCUT2D eigenvalue weighted by molar-refractivity contribution is 0.392. The molecule has 0 saturated heterocycles. The Kier molecular flexibility index (Phi) is 5.65. The highest BCUT2D eigenvalue weighted by Crippen LogP contribution is 2.25. The predicted molar refractivity (Wildman–Crippen MR) is 79.2 cm³/mol. The molecule has 0 bridgehead atoms. The fourth-order valence-electron chi connectivity index (χ4n) is 1.50. The Morgan fingerprint density at radius 1 is 1.26 bits per heavy atom. The molecule has 108 valence electrons. The third kappa shape index (κ3) is 4.33. The summed E-state index contributed by atoms with van der Waals surface area (Å²) in [6.07, 6.45) is 1.35. The fourth-order valence-corrected chi connectivity index (χ4v) is 3.40. The van der Waals surface area contributed by atoms with Gasteiger partial charge in [0.15, 0.2) is 0 Å². The number of rotatable bonds is 6. The SMILES string of the molecule is CCC(N)(CC)CNS(=O)(=O)c1cc(Cl)ccc1Cl. The van der Waals surface area contributed by atoms with E-state index in [0.29, 0.717) is 17.9 Å². The summed E-state index contributed by atoms with van der Waals surface area (Å²) >= 11 is 11.7.